The van der Waals surface area contributed by atoms with Crippen molar-refractivity contribution in [1.82, 2.24) is 5.32 Å². The highest BCUT2D eigenvalue weighted by atomic mass is 19.4. The zero-order valence-electron chi connectivity index (χ0n) is 11.0. The number of nitrogen functional groups attached to an aromatic ring is 1. The normalized spacial score (nSPS) is 14.0. The third-order valence-electron chi connectivity index (χ3n) is 2.83. The maximum atomic E-state index is 12.9. The molecule has 1 aromatic carbocycles. The van der Waals surface area contributed by atoms with Gasteiger partial charge in [-0.25, -0.2) is 0 Å². The molecule has 0 aliphatic rings. The molecule has 1 aromatic rings. The van der Waals surface area contributed by atoms with E-state index in [4.69, 9.17) is 5.73 Å². The molecular formula is C13H19F3N2. The monoisotopic (exact) mass is 260 g/mol. The van der Waals surface area contributed by atoms with Crippen LogP contribution in [0.2, 0.25) is 0 Å². The van der Waals surface area contributed by atoms with Gasteiger partial charge in [-0.15, -0.1) is 0 Å². The Balaban J connectivity index is 3.25. The largest absolute Gasteiger partial charge is 0.416 e. The summed E-state index contributed by atoms with van der Waals surface area (Å²) >= 11 is 0. The van der Waals surface area contributed by atoms with Gasteiger partial charge in [-0.2, -0.15) is 13.2 Å². The van der Waals surface area contributed by atoms with E-state index >= 15 is 0 Å². The summed E-state index contributed by atoms with van der Waals surface area (Å²) in [7, 11) is 0. The Bertz CT molecular complexity index is 425. The first kappa shape index (κ1) is 14.8. The molecule has 0 bridgehead atoms. The van der Waals surface area contributed by atoms with Crippen LogP contribution in [0.1, 0.15) is 43.5 Å². The molecule has 18 heavy (non-hydrogen) atoms. The van der Waals surface area contributed by atoms with Gasteiger partial charge in [-0.1, -0.05) is 13.8 Å². The van der Waals surface area contributed by atoms with E-state index in [1.807, 2.05) is 20.8 Å². The lowest BCUT2D eigenvalue weighted by Gasteiger charge is -2.22. The van der Waals surface area contributed by atoms with E-state index in [0.717, 1.165) is 6.07 Å². The number of rotatable bonds is 3. The highest BCUT2D eigenvalue weighted by Crippen LogP contribution is 2.36. The van der Waals surface area contributed by atoms with E-state index in [1.54, 1.807) is 6.07 Å². The number of nitrogens with one attached hydrogen (secondary N) is 1. The first-order chi connectivity index (χ1) is 8.12. The molecule has 0 aliphatic heterocycles. The van der Waals surface area contributed by atoms with Gasteiger partial charge in [0.05, 0.1) is 5.56 Å². The van der Waals surface area contributed by atoms with Gasteiger partial charge in [0.15, 0.2) is 0 Å². The van der Waals surface area contributed by atoms with E-state index in [1.165, 1.54) is 6.92 Å². The van der Waals surface area contributed by atoms with E-state index in [9.17, 15) is 13.2 Å². The lowest BCUT2D eigenvalue weighted by molar-refractivity contribution is -0.138. The highest BCUT2D eigenvalue weighted by Gasteiger charge is 2.34. The average Bonchev–Trinajstić information content (AvgIpc) is 2.18. The first-order valence-electron chi connectivity index (χ1n) is 5.86. The zero-order valence-corrected chi connectivity index (χ0v) is 11.0. The molecule has 1 atom stereocenters. The summed E-state index contributed by atoms with van der Waals surface area (Å²) in [5, 5.41) is 3.18. The highest BCUT2D eigenvalue weighted by molar-refractivity contribution is 5.51. The third kappa shape index (κ3) is 3.38. The first-order valence-corrected chi connectivity index (χ1v) is 5.86. The second-order valence-electron chi connectivity index (χ2n) is 4.82. The fourth-order valence-corrected chi connectivity index (χ4v) is 2.09. The molecule has 1 rings (SSSR count). The fraction of sp³-hybridized carbons (Fsp3) is 0.538. The van der Waals surface area contributed by atoms with Gasteiger partial charge in [-0.05, 0) is 37.1 Å². The Morgan fingerprint density at radius 2 is 1.72 bits per heavy atom. The van der Waals surface area contributed by atoms with Crippen LogP contribution >= 0.6 is 0 Å². The lowest BCUT2D eigenvalue weighted by Crippen LogP contribution is -2.27. The second-order valence-corrected chi connectivity index (χ2v) is 4.82. The van der Waals surface area contributed by atoms with Gasteiger partial charge in [0.2, 0.25) is 0 Å². The van der Waals surface area contributed by atoms with Crippen molar-refractivity contribution < 1.29 is 13.2 Å². The summed E-state index contributed by atoms with van der Waals surface area (Å²) in [5.74, 6) is 0. The van der Waals surface area contributed by atoms with Crippen LogP contribution in [0.15, 0.2) is 12.1 Å². The van der Waals surface area contributed by atoms with Gasteiger partial charge < -0.3 is 11.1 Å². The van der Waals surface area contributed by atoms with E-state index in [-0.39, 0.29) is 23.3 Å². The maximum Gasteiger partial charge on any atom is 0.416 e. The average molecular weight is 260 g/mol. The number of alkyl halides is 3. The summed E-state index contributed by atoms with van der Waals surface area (Å²) < 4.78 is 38.6. The van der Waals surface area contributed by atoms with E-state index in [0.29, 0.717) is 5.56 Å². The number of nitrogens with two attached hydrogens (primary N) is 1. The fourth-order valence-electron chi connectivity index (χ4n) is 2.09. The van der Waals surface area contributed by atoms with E-state index < -0.39 is 11.7 Å². The van der Waals surface area contributed by atoms with Gasteiger partial charge in [0.25, 0.3) is 0 Å². The molecule has 0 spiro atoms. The van der Waals surface area contributed by atoms with Crippen LogP contribution in [0.3, 0.4) is 0 Å². The maximum absolute atomic E-state index is 12.9. The molecule has 0 unspecified atom stereocenters. The number of benzene rings is 1. The molecule has 0 heterocycles. The number of hydrogen-bond acceptors (Lipinski definition) is 2. The summed E-state index contributed by atoms with van der Waals surface area (Å²) in [5.41, 5.74) is 5.87. The quantitative estimate of drug-likeness (QED) is 0.814. The molecule has 5 heteroatoms. The Labute approximate surface area is 105 Å². The van der Waals surface area contributed by atoms with Crippen LogP contribution in [0.4, 0.5) is 18.9 Å². The molecule has 0 aromatic heterocycles. The standard InChI is InChI=1S/C13H19F3N2/c1-7(2)18-9(4)11-5-10(17)6-12(8(11)3)13(14,15)16/h5-7,9,18H,17H2,1-4H3/t9-/m1/s1. The van der Waals surface area contributed by atoms with E-state index in [2.05, 4.69) is 5.32 Å². The number of hydrogen-bond donors (Lipinski definition) is 2. The summed E-state index contributed by atoms with van der Waals surface area (Å²) in [4.78, 5) is 0. The van der Waals surface area contributed by atoms with Crippen molar-refractivity contribution in [3.05, 3.63) is 28.8 Å². The summed E-state index contributed by atoms with van der Waals surface area (Å²) in [6.07, 6.45) is -4.37. The molecule has 0 saturated carbocycles. The number of anilines is 1. The van der Waals surface area contributed by atoms with Crippen LogP contribution in [0, 0.1) is 6.92 Å². The van der Waals surface area contributed by atoms with Crippen LogP contribution < -0.4 is 11.1 Å². The Morgan fingerprint density at radius 3 is 2.17 bits per heavy atom. The van der Waals surface area contributed by atoms with Crippen molar-refractivity contribution in [2.45, 2.75) is 46.0 Å². The topological polar surface area (TPSA) is 38.0 Å². The van der Waals surface area contributed by atoms with Crippen LogP contribution in [-0.4, -0.2) is 6.04 Å². The molecule has 0 amide bonds. The second kappa shape index (κ2) is 5.18. The van der Waals surface area contributed by atoms with Gasteiger partial charge in [0, 0.05) is 17.8 Å². The molecule has 3 N–H and O–H groups in total. The molecule has 0 aliphatic carbocycles. The predicted octanol–water partition coefficient (Wildman–Crippen LogP) is 3.66. The Kier molecular flexibility index (Phi) is 4.27. The van der Waals surface area contributed by atoms with Gasteiger partial charge >= 0.3 is 6.18 Å². The van der Waals surface area contributed by atoms with Crippen LogP contribution in [-0.2, 0) is 6.18 Å². The minimum atomic E-state index is -4.37. The molecule has 102 valence electrons. The summed E-state index contributed by atoms with van der Waals surface area (Å²) in [6.45, 7) is 7.21. The van der Waals surface area contributed by atoms with Crippen molar-refractivity contribution in [1.29, 1.82) is 0 Å². The van der Waals surface area contributed by atoms with Crippen molar-refractivity contribution in [2.75, 3.05) is 5.73 Å². The zero-order chi connectivity index (χ0) is 14.1. The predicted molar refractivity (Wildman–Crippen MR) is 67.3 cm³/mol. The van der Waals surface area contributed by atoms with Gasteiger partial charge in [0.1, 0.15) is 0 Å². The van der Waals surface area contributed by atoms with Gasteiger partial charge in [-0.3, -0.25) is 0 Å². The van der Waals surface area contributed by atoms with Crippen molar-refractivity contribution >= 4 is 5.69 Å². The van der Waals surface area contributed by atoms with Crippen LogP contribution in [0.25, 0.3) is 0 Å². The molecule has 0 fully saturated rings. The summed E-state index contributed by atoms with van der Waals surface area (Å²) in [6, 6.07) is 2.61. The molecular weight excluding hydrogens is 241 g/mol. The molecule has 2 nitrogen and oxygen atoms in total. The Hall–Kier alpha value is -1.23. The minimum Gasteiger partial charge on any atom is -0.399 e. The lowest BCUT2D eigenvalue weighted by atomic mass is 9.96. The van der Waals surface area contributed by atoms with Crippen LogP contribution in [0.5, 0.6) is 0 Å². The SMILES string of the molecule is Cc1c([C@@H](C)NC(C)C)cc(N)cc1C(F)(F)F. The van der Waals surface area contributed by atoms with Crippen molar-refractivity contribution in [2.24, 2.45) is 0 Å². The smallest absolute Gasteiger partial charge is 0.399 e. The van der Waals surface area contributed by atoms with Crippen molar-refractivity contribution in [3.8, 4) is 0 Å². The molecule has 0 radical (unpaired) electrons. The number of halogens is 3. The Morgan fingerprint density at radius 1 is 1.17 bits per heavy atom. The molecule has 0 saturated heterocycles. The minimum absolute atomic E-state index is 0.139. The third-order valence-corrected chi connectivity index (χ3v) is 2.83. The van der Waals surface area contributed by atoms with Crippen molar-refractivity contribution in [3.63, 3.8) is 0 Å².